The summed E-state index contributed by atoms with van der Waals surface area (Å²) in [5.41, 5.74) is 2.51. The highest BCUT2D eigenvalue weighted by Crippen LogP contribution is 2.18. The molecule has 0 aliphatic carbocycles. The van der Waals surface area contributed by atoms with Gasteiger partial charge in [-0.2, -0.15) is 0 Å². The Hall–Kier alpha value is -1.23. The fourth-order valence-electron chi connectivity index (χ4n) is 1.38. The number of terminal acetylenes is 1. The normalized spacial score (nSPS) is 9.87. The Morgan fingerprint density at radius 3 is 2.53 bits per heavy atom. The molecule has 0 nitrogen and oxygen atoms in total. The lowest BCUT2D eigenvalue weighted by atomic mass is 10.1. The van der Waals surface area contributed by atoms with Gasteiger partial charge in [-0.15, -0.1) is 17.8 Å². The molecule has 15 heavy (non-hydrogen) atoms. The second-order valence-electron chi connectivity index (χ2n) is 3.27. The minimum Gasteiger partial charge on any atom is -0.135 e. The highest BCUT2D eigenvalue weighted by Gasteiger charge is 1.99. The molecule has 0 saturated heterocycles. The van der Waals surface area contributed by atoms with E-state index >= 15 is 0 Å². The van der Waals surface area contributed by atoms with Crippen LogP contribution in [-0.4, -0.2) is 0 Å². The molecule has 2 aromatic rings. The van der Waals surface area contributed by atoms with Crippen LogP contribution in [0.3, 0.4) is 0 Å². The van der Waals surface area contributed by atoms with Gasteiger partial charge in [0, 0.05) is 5.02 Å². The van der Waals surface area contributed by atoms with Crippen molar-refractivity contribution in [1.29, 1.82) is 0 Å². The van der Waals surface area contributed by atoms with Crippen LogP contribution in [0.1, 0.15) is 16.0 Å². The van der Waals surface area contributed by atoms with Crippen LogP contribution in [0.15, 0.2) is 35.7 Å². The van der Waals surface area contributed by atoms with E-state index in [1.165, 1.54) is 11.1 Å². The van der Waals surface area contributed by atoms with Crippen LogP contribution in [0.2, 0.25) is 5.02 Å². The van der Waals surface area contributed by atoms with E-state index in [0.29, 0.717) is 0 Å². The van der Waals surface area contributed by atoms with Crippen molar-refractivity contribution in [2.45, 2.75) is 6.42 Å². The summed E-state index contributed by atoms with van der Waals surface area (Å²) in [6.45, 7) is 0. The summed E-state index contributed by atoms with van der Waals surface area (Å²) < 4.78 is 0. The third-order valence-corrected chi connectivity index (χ3v) is 3.28. The van der Waals surface area contributed by atoms with E-state index in [1.54, 1.807) is 11.3 Å². The summed E-state index contributed by atoms with van der Waals surface area (Å²) in [7, 11) is 0. The molecule has 0 fully saturated rings. The van der Waals surface area contributed by atoms with E-state index in [9.17, 15) is 0 Å². The molecule has 0 saturated carbocycles. The zero-order valence-electron chi connectivity index (χ0n) is 8.03. The predicted molar refractivity (Wildman–Crippen MR) is 66.5 cm³/mol. The van der Waals surface area contributed by atoms with Gasteiger partial charge < -0.3 is 0 Å². The minimum absolute atomic E-state index is 0.772. The average molecular weight is 233 g/mol. The third kappa shape index (κ3) is 2.62. The minimum atomic E-state index is 0.772. The molecule has 2 heteroatoms. The van der Waals surface area contributed by atoms with E-state index in [1.807, 2.05) is 24.3 Å². The van der Waals surface area contributed by atoms with Crippen molar-refractivity contribution in [3.63, 3.8) is 0 Å². The van der Waals surface area contributed by atoms with E-state index < -0.39 is 0 Å². The van der Waals surface area contributed by atoms with E-state index in [4.69, 9.17) is 18.0 Å². The van der Waals surface area contributed by atoms with Crippen LogP contribution in [0, 0.1) is 12.3 Å². The first-order valence-electron chi connectivity index (χ1n) is 4.56. The molecule has 0 aliphatic heterocycles. The molecule has 1 aromatic heterocycles. The standard InChI is InChI=1S/C13H9ClS/c1-2-13-8-11(9-15-13)7-10-3-5-12(14)6-4-10/h1,3-6,8-9H,7H2. The van der Waals surface area contributed by atoms with Crippen molar-refractivity contribution < 1.29 is 0 Å². The molecular formula is C13H9ClS. The van der Waals surface area contributed by atoms with E-state index in [0.717, 1.165) is 16.3 Å². The lowest BCUT2D eigenvalue weighted by molar-refractivity contribution is 1.21. The molecule has 0 radical (unpaired) electrons. The third-order valence-electron chi connectivity index (χ3n) is 2.12. The maximum Gasteiger partial charge on any atom is 0.0768 e. The Balaban J connectivity index is 2.15. The fraction of sp³-hybridized carbons (Fsp3) is 0.0769. The molecule has 0 atom stereocenters. The predicted octanol–water partition coefficient (Wildman–Crippen LogP) is 3.97. The first-order valence-corrected chi connectivity index (χ1v) is 5.82. The fourth-order valence-corrected chi connectivity index (χ4v) is 2.23. The first-order chi connectivity index (χ1) is 7.28. The van der Waals surface area contributed by atoms with Crippen LogP contribution >= 0.6 is 22.9 Å². The Kier molecular flexibility index (Phi) is 3.11. The Labute approximate surface area is 98.5 Å². The van der Waals surface area contributed by atoms with Gasteiger partial charge in [0.25, 0.3) is 0 Å². The van der Waals surface area contributed by atoms with Crippen LogP contribution in [0.25, 0.3) is 0 Å². The van der Waals surface area contributed by atoms with Gasteiger partial charge in [-0.3, -0.25) is 0 Å². The van der Waals surface area contributed by atoms with Crippen LogP contribution < -0.4 is 0 Å². The van der Waals surface area contributed by atoms with Crippen molar-refractivity contribution in [1.82, 2.24) is 0 Å². The van der Waals surface area contributed by atoms with Crippen LogP contribution in [-0.2, 0) is 6.42 Å². The molecule has 0 unspecified atom stereocenters. The zero-order valence-corrected chi connectivity index (χ0v) is 9.61. The molecular weight excluding hydrogens is 224 g/mol. The number of hydrogen-bond acceptors (Lipinski definition) is 1. The van der Waals surface area contributed by atoms with E-state index in [2.05, 4.69) is 17.4 Å². The highest BCUT2D eigenvalue weighted by atomic mass is 35.5. The summed E-state index contributed by atoms with van der Waals surface area (Å²) >= 11 is 7.43. The van der Waals surface area contributed by atoms with E-state index in [-0.39, 0.29) is 0 Å². The molecule has 74 valence electrons. The van der Waals surface area contributed by atoms with Gasteiger partial charge in [-0.1, -0.05) is 29.7 Å². The number of benzene rings is 1. The second-order valence-corrected chi connectivity index (χ2v) is 4.61. The SMILES string of the molecule is C#Cc1cc(Cc2ccc(Cl)cc2)cs1. The number of halogens is 1. The monoisotopic (exact) mass is 232 g/mol. The van der Waals surface area contributed by atoms with Crippen molar-refractivity contribution in [3.05, 3.63) is 56.7 Å². The second kappa shape index (κ2) is 4.53. The molecule has 2 rings (SSSR count). The van der Waals surface area contributed by atoms with Gasteiger partial charge in [-0.05, 0) is 41.1 Å². The van der Waals surface area contributed by atoms with Crippen LogP contribution in [0.4, 0.5) is 0 Å². The topological polar surface area (TPSA) is 0 Å². The summed E-state index contributed by atoms with van der Waals surface area (Å²) in [5.74, 6) is 2.64. The molecule has 0 bridgehead atoms. The zero-order chi connectivity index (χ0) is 10.7. The number of hydrogen-bond donors (Lipinski definition) is 0. The lowest BCUT2D eigenvalue weighted by Crippen LogP contribution is -1.84. The average Bonchev–Trinajstić information content (AvgIpc) is 2.69. The van der Waals surface area contributed by atoms with Crippen molar-refractivity contribution >= 4 is 22.9 Å². The molecule has 0 spiro atoms. The van der Waals surface area contributed by atoms with Gasteiger partial charge in [0.1, 0.15) is 0 Å². The first kappa shape index (κ1) is 10.3. The van der Waals surface area contributed by atoms with Crippen molar-refractivity contribution in [2.75, 3.05) is 0 Å². The van der Waals surface area contributed by atoms with Crippen LogP contribution in [0.5, 0.6) is 0 Å². The molecule has 0 aliphatic rings. The Morgan fingerprint density at radius 1 is 1.20 bits per heavy atom. The summed E-state index contributed by atoms with van der Waals surface area (Å²) in [6, 6.07) is 9.95. The smallest absolute Gasteiger partial charge is 0.0768 e. The summed E-state index contributed by atoms with van der Waals surface area (Å²) in [6.07, 6.45) is 6.23. The van der Waals surface area contributed by atoms with Gasteiger partial charge in [0.2, 0.25) is 0 Å². The molecule has 0 N–H and O–H groups in total. The van der Waals surface area contributed by atoms with Gasteiger partial charge in [0.05, 0.1) is 4.88 Å². The Morgan fingerprint density at radius 2 is 1.93 bits per heavy atom. The molecule has 1 aromatic carbocycles. The van der Waals surface area contributed by atoms with Gasteiger partial charge in [-0.25, -0.2) is 0 Å². The quantitative estimate of drug-likeness (QED) is 0.688. The summed E-state index contributed by atoms with van der Waals surface area (Å²) in [5, 5.41) is 2.87. The lowest BCUT2D eigenvalue weighted by Gasteiger charge is -1.98. The number of thiophene rings is 1. The highest BCUT2D eigenvalue weighted by molar-refractivity contribution is 7.10. The molecule has 1 heterocycles. The maximum absolute atomic E-state index is 5.82. The molecule has 0 amide bonds. The van der Waals surface area contributed by atoms with Gasteiger partial charge in [0.15, 0.2) is 0 Å². The maximum atomic E-state index is 5.82. The van der Waals surface area contributed by atoms with Gasteiger partial charge >= 0.3 is 0 Å². The Bertz CT molecular complexity index is 488. The van der Waals surface area contributed by atoms with Crippen molar-refractivity contribution in [2.24, 2.45) is 0 Å². The summed E-state index contributed by atoms with van der Waals surface area (Å²) in [4.78, 5) is 0.985. The largest absolute Gasteiger partial charge is 0.135 e. The van der Waals surface area contributed by atoms with Crippen molar-refractivity contribution in [3.8, 4) is 12.3 Å². The number of rotatable bonds is 2.